The van der Waals surface area contributed by atoms with Crippen LogP contribution >= 0.6 is 31.9 Å². The Hall–Kier alpha value is -3.30. The smallest absolute Gasteiger partial charge is 0.211 e. The molecule has 36 heavy (non-hydrogen) atoms. The second-order valence-corrected chi connectivity index (χ2v) is 9.97. The molecular formula is C27H17Br2F3N4. The van der Waals surface area contributed by atoms with E-state index in [-0.39, 0.29) is 11.6 Å². The van der Waals surface area contributed by atoms with Crippen LogP contribution in [0, 0.1) is 6.92 Å². The summed E-state index contributed by atoms with van der Waals surface area (Å²) in [7, 11) is 0. The van der Waals surface area contributed by atoms with E-state index in [2.05, 4.69) is 46.9 Å². The number of hydrogen-bond donors (Lipinski definition) is 0. The average Bonchev–Trinajstić information content (AvgIpc) is 3.30. The van der Waals surface area contributed by atoms with Crippen molar-refractivity contribution in [2.45, 2.75) is 13.1 Å². The van der Waals surface area contributed by atoms with Crippen LogP contribution in [0.4, 0.5) is 13.2 Å². The Morgan fingerprint density at radius 3 is 1.78 bits per heavy atom. The molecule has 2 aromatic heterocycles. The Morgan fingerprint density at radius 2 is 1.19 bits per heavy atom. The molecule has 0 aliphatic carbocycles. The van der Waals surface area contributed by atoms with Crippen LogP contribution < -0.4 is 0 Å². The number of aryl methyl sites for hydroxylation is 1. The highest BCUT2D eigenvalue weighted by Crippen LogP contribution is 2.33. The van der Waals surface area contributed by atoms with E-state index in [9.17, 15) is 13.2 Å². The monoisotopic (exact) mass is 612 g/mol. The molecule has 5 rings (SSSR count). The molecule has 0 radical (unpaired) electrons. The van der Waals surface area contributed by atoms with Crippen LogP contribution in [0.3, 0.4) is 0 Å². The van der Waals surface area contributed by atoms with Gasteiger partial charge >= 0.3 is 6.18 Å². The third-order valence-electron chi connectivity index (χ3n) is 5.53. The number of rotatable bonds is 4. The van der Waals surface area contributed by atoms with Crippen LogP contribution in [0.5, 0.6) is 0 Å². The highest BCUT2D eigenvalue weighted by atomic mass is 79.9. The molecule has 0 fully saturated rings. The summed E-state index contributed by atoms with van der Waals surface area (Å²) in [6.45, 7) is 1.91. The van der Waals surface area contributed by atoms with Gasteiger partial charge in [-0.1, -0.05) is 86.0 Å². The van der Waals surface area contributed by atoms with E-state index >= 15 is 0 Å². The first-order valence-electron chi connectivity index (χ1n) is 10.8. The predicted octanol–water partition coefficient (Wildman–Crippen LogP) is 8.52. The first-order valence-corrected chi connectivity index (χ1v) is 12.4. The van der Waals surface area contributed by atoms with Gasteiger partial charge < -0.3 is 0 Å². The molecule has 0 spiro atoms. The zero-order valence-corrected chi connectivity index (χ0v) is 21.9. The number of halogens is 5. The minimum Gasteiger partial charge on any atom is -0.211 e. The number of hydrogen-bond acceptors (Lipinski definition) is 3. The Morgan fingerprint density at radius 1 is 0.667 bits per heavy atom. The van der Waals surface area contributed by atoms with Gasteiger partial charge in [0.2, 0.25) is 0 Å². The van der Waals surface area contributed by atoms with E-state index in [0.29, 0.717) is 17.0 Å². The summed E-state index contributed by atoms with van der Waals surface area (Å²) in [5.41, 5.74) is 3.38. The molecule has 0 bridgehead atoms. The molecule has 0 amide bonds. The van der Waals surface area contributed by atoms with Crippen molar-refractivity contribution in [1.29, 1.82) is 0 Å². The second-order valence-electron chi connectivity index (χ2n) is 8.14. The Bertz CT molecular complexity index is 1530. The van der Waals surface area contributed by atoms with Crippen molar-refractivity contribution in [1.82, 2.24) is 19.7 Å². The lowest BCUT2D eigenvalue weighted by Gasteiger charge is -2.12. The first kappa shape index (κ1) is 24.4. The Labute approximate surface area is 222 Å². The molecule has 2 heterocycles. The van der Waals surface area contributed by atoms with Crippen LogP contribution in [0.2, 0.25) is 0 Å². The molecule has 180 valence electrons. The normalized spacial score (nSPS) is 11.6. The van der Waals surface area contributed by atoms with Crippen molar-refractivity contribution in [2.24, 2.45) is 0 Å². The van der Waals surface area contributed by atoms with E-state index in [0.717, 1.165) is 31.7 Å². The van der Waals surface area contributed by atoms with E-state index in [1.54, 1.807) is 12.1 Å². The van der Waals surface area contributed by atoms with Crippen molar-refractivity contribution in [3.63, 3.8) is 0 Å². The van der Waals surface area contributed by atoms with Gasteiger partial charge in [0, 0.05) is 25.6 Å². The summed E-state index contributed by atoms with van der Waals surface area (Å²) in [4.78, 5) is 8.40. The molecule has 3 aromatic carbocycles. The van der Waals surface area contributed by atoms with Crippen molar-refractivity contribution < 1.29 is 13.2 Å². The van der Waals surface area contributed by atoms with E-state index in [1.807, 2.05) is 73.7 Å². The average molecular weight is 614 g/mol. The minimum atomic E-state index is -4.66. The van der Waals surface area contributed by atoms with Gasteiger partial charge in [-0.15, -0.1) is 0 Å². The molecule has 0 N–H and O–H groups in total. The summed E-state index contributed by atoms with van der Waals surface area (Å²) >= 11 is 6.85. The number of aromatic nitrogens is 4. The van der Waals surface area contributed by atoms with E-state index < -0.39 is 11.9 Å². The van der Waals surface area contributed by atoms with Gasteiger partial charge in [-0.2, -0.15) is 23.0 Å². The summed E-state index contributed by atoms with van der Waals surface area (Å²) in [5.74, 6) is -0.165. The van der Waals surface area contributed by atoms with Crippen LogP contribution in [-0.4, -0.2) is 19.7 Å². The molecule has 0 aliphatic heterocycles. The minimum absolute atomic E-state index is 0.162. The standard InChI is InChI=1S/C27H17Br2F3N4/c1-16-2-4-17(5-3-16)22-15-25(27(30,31)32)34-26(33-22)36-24(19-8-12-21(29)13-9-19)14-23(35-36)18-6-10-20(28)11-7-18/h2-15H,1H3. The molecule has 0 aliphatic rings. The molecule has 4 nitrogen and oxygen atoms in total. The fourth-order valence-corrected chi connectivity index (χ4v) is 4.20. The highest BCUT2D eigenvalue weighted by molar-refractivity contribution is 9.10. The topological polar surface area (TPSA) is 43.6 Å². The van der Waals surface area contributed by atoms with Crippen molar-refractivity contribution in [3.8, 4) is 39.7 Å². The zero-order chi connectivity index (χ0) is 25.4. The van der Waals surface area contributed by atoms with Crippen LogP contribution in [0.1, 0.15) is 11.3 Å². The Kier molecular flexibility index (Phi) is 6.53. The quantitative estimate of drug-likeness (QED) is 0.204. The largest absolute Gasteiger partial charge is 0.433 e. The number of nitrogens with zero attached hydrogens (tertiary/aromatic N) is 4. The van der Waals surface area contributed by atoms with Gasteiger partial charge in [0.1, 0.15) is 0 Å². The molecule has 0 saturated heterocycles. The van der Waals surface area contributed by atoms with E-state index in [1.165, 1.54) is 4.68 Å². The predicted molar refractivity (Wildman–Crippen MR) is 141 cm³/mol. The third-order valence-corrected chi connectivity index (χ3v) is 6.59. The van der Waals surface area contributed by atoms with Gasteiger partial charge in [0.15, 0.2) is 5.69 Å². The maximum Gasteiger partial charge on any atom is 0.433 e. The van der Waals surface area contributed by atoms with Crippen LogP contribution in [0.25, 0.3) is 39.7 Å². The van der Waals surface area contributed by atoms with Gasteiger partial charge in [-0.05, 0) is 43.3 Å². The van der Waals surface area contributed by atoms with Crippen molar-refractivity contribution in [3.05, 3.63) is 105 Å². The Balaban J connectivity index is 1.74. The van der Waals surface area contributed by atoms with Crippen LogP contribution in [-0.2, 0) is 6.18 Å². The van der Waals surface area contributed by atoms with E-state index in [4.69, 9.17) is 0 Å². The molecule has 5 aromatic rings. The van der Waals surface area contributed by atoms with Gasteiger partial charge in [-0.3, -0.25) is 0 Å². The van der Waals surface area contributed by atoms with Gasteiger partial charge in [-0.25, -0.2) is 9.97 Å². The fraction of sp³-hybridized carbons (Fsp3) is 0.0741. The lowest BCUT2D eigenvalue weighted by Crippen LogP contribution is -2.14. The molecule has 0 saturated carbocycles. The molecule has 9 heteroatoms. The summed E-state index contributed by atoms with van der Waals surface area (Å²) < 4.78 is 44.8. The molecule has 0 atom stereocenters. The lowest BCUT2D eigenvalue weighted by atomic mass is 10.1. The highest BCUT2D eigenvalue weighted by Gasteiger charge is 2.34. The van der Waals surface area contributed by atoms with Gasteiger partial charge in [0.25, 0.3) is 5.95 Å². The number of alkyl halides is 3. The molecular weight excluding hydrogens is 597 g/mol. The first-order chi connectivity index (χ1) is 17.2. The summed E-state index contributed by atoms with van der Waals surface area (Å²) in [6.07, 6.45) is -4.66. The summed E-state index contributed by atoms with van der Waals surface area (Å²) in [5, 5.41) is 4.65. The maximum atomic E-state index is 13.9. The lowest BCUT2D eigenvalue weighted by molar-refractivity contribution is -0.141. The summed E-state index contributed by atoms with van der Waals surface area (Å²) in [6, 6.07) is 24.9. The van der Waals surface area contributed by atoms with Crippen LogP contribution in [0.15, 0.2) is 93.9 Å². The molecule has 0 unspecified atom stereocenters. The van der Waals surface area contributed by atoms with Crippen molar-refractivity contribution >= 4 is 31.9 Å². The second kappa shape index (κ2) is 9.63. The third kappa shape index (κ3) is 5.12. The van der Waals surface area contributed by atoms with Crippen molar-refractivity contribution in [2.75, 3.05) is 0 Å². The van der Waals surface area contributed by atoms with Gasteiger partial charge in [0.05, 0.1) is 17.1 Å². The zero-order valence-electron chi connectivity index (χ0n) is 18.8. The fourth-order valence-electron chi connectivity index (χ4n) is 3.67. The number of benzene rings is 3. The maximum absolute atomic E-state index is 13.9. The SMILES string of the molecule is Cc1ccc(-c2cc(C(F)(F)F)nc(-n3nc(-c4ccc(Br)cc4)cc3-c3ccc(Br)cc3)n2)cc1.